The third-order valence-electron chi connectivity index (χ3n) is 6.53. The summed E-state index contributed by atoms with van der Waals surface area (Å²) in [6.45, 7) is 10.1. The predicted octanol–water partition coefficient (Wildman–Crippen LogP) is 4.99. The number of carboxylic acids is 2. The Hall–Kier alpha value is -2.50. The van der Waals surface area contributed by atoms with E-state index in [0.29, 0.717) is 12.0 Å². The number of ether oxygens (including phenoxy) is 1. The fourth-order valence-corrected chi connectivity index (χ4v) is 5.08. The third-order valence-corrected chi connectivity index (χ3v) is 6.53. The molecule has 6 nitrogen and oxygen atoms in total. The molecule has 1 aliphatic carbocycles. The van der Waals surface area contributed by atoms with Crippen molar-refractivity contribution in [3.8, 4) is 11.5 Å². The molecule has 2 aliphatic rings. The van der Waals surface area contributed by atoms with Crippen LogP contribution in [0.25, 0.3) is 0 Å². The first kappa shape index (κ1) is 21.2. The Kier molecular flexibility index (Phi) is 5.92. The van der Waals surface area contributed by atoms with Crippen LogP contribution in [0.4, 0.5) is 0 Å². The van der Waals surface area contributed by atoms with Crippen LogP contribution in [0.5, 0.6) is 11.5 Å². The molecule has 6 heteroatoms. The fraction of sp³-hybridized carbons (Fsp3) is 0.565. The number of hydrogen-bond acceptors (Lipinski definition) is 4. The van der Waals surface area contributed by atoms with Gasteiger partial charge in [0.2, 0.25) is 0 Å². The molecule has 3 rings (SSSR count). The maximum atomic E-state index is 12.2. The molecule has 1 aromatic carbocycles. The van der Waals surface area contributed by atoms with E-state index in [1.165, 1.54) is 0 Å². The number of allylic oxidation sites excluding steroid dienone is 1. The number of fused-ring (bicyclic) bond motifs is 3. The molecule has 1 heterocycles. The number of unbranched alkanes of at least 4 members (excludes halogenated alkanes) is 2. The molecule has 4 atom stereocenters. The van der Waals surface area contributed by atoms with Crippen LogP contribution in [-0.4, -0.2) is 33.4 Å². The van der Waals surface area contributed by atoms with Crippen molar-refractivity contribution in [3.63, 3.8) is 0 Å². The monoisotopic (exact) mass is 402 g/mol. The lowest BCUT2D eigenvalue weighted by Gasteiger charge is -2.37. The molecule has 0 bridgehead atoms. The van der Waals surface area contributed by atoms with Crippen LogP contribution in [0.15, 0.2) is 12.2 Å². The Morgan fingerprint density at radius 1 is 1.14 bits per heavy atom. The third kappa shape index (κ3) is 3.49. The van der Waals surface area contributed by atoms with E-state index in [1.807, 2.05) is 13.8 Å². The largest absolute Gasteiger partial charge is 0.507 e. The Labute approximate surface area is 171 Å². The van der Waals surface area contributed by atoms with Gasteiger partial charge < -0.3 is 20.1 Å². The van der Waals surface area contributed by atoms with Crippen molar-refractivity contribution in [1.29, 1.82) is 0 Å². The maximum Gasteiger partial charge on any atom is 0.339 e. The predicted molar refractivity (Wildman–Crippen MR) is 109 cm³/mol. The Bertz CT molecular complexity index is 856. The van der Waals surface area contributed by atoms with Crippen LogP contribution in [0.2, 0.25) is 0 Å². The average molecular weight is 402 g/mol. The highest BCUT2D eigenvalue weighted by atomic mass is 16.5. The van der Waals surface area contributed by atoms with E-state index < -0.39 is 11.9 Å². The fourth-order valence-electron chi connectivity index (χ4n) is 5.08. The van der Waals surface area contributed by atoms with E-state index >= 15 is 0 Å². The molecule has 0 spiro atoms. The summed E-state index contributed by atoms with van der Waals surface area (Å²) in [7, 11) is 0. The second-order valence-electron chi connectivity index (χ2n) is 8.50. The number of carbonyl (C=O) groups is 2. The van der Waals surface area contributed by atoms with Crippen LogP contribution in [-0.2, 0) is 6.42 Å². The van der Waals surface area contributed by atoms with Crippen molar-refractivity contribution in [2.24, 2.45) is 11.8 Å². The quantitative estimate of drug-likeness (QED) is 0.438. The molecule has 2 unspecified atom stereocenters. The van der Waals surface area contributed by atoms with Gasteiger partial charge in [0.1, 0.15) is 28.7 Å². The van der Waals surface area contributed by atoms with Crippen molar-refractivity contribution in [2.75, 3.05) is 0 Å². The van der Waals surface area contributed by atoms with Crippen LogP contribution in [0.3, 0.4) is 0 Å². The van der Waals surface area contributed by atoms with Crippen molar-refractivity contribution in [3.05, 3.63) is 34.4 Å². The summed E-state index contributed by atoms with van der Waals surface area (Å²) in [4.78, 5) is 24.3. The van der Waals surface area contributed by atoms with E-state index in [9.17, 15) is 24.9 Å². The van der Waals surface area contributed by atoms with E-state index in [0.717, 1.165) is 31.3 Å². The summed E-state index contributed by atoms with van der Waals surface area (Å²) in [5, 5.41) is 30.9. The molecule has 1 fully saturated rings. The first-order valence-electron chi connectivity index (χ1n) is 10.4. The SMILES string of the molecule is C=C(C)[C@@H]1CC[C@@H](C)C2Oc3c(C(=O)O)c(CCCCC)c(C(=O)O)c(O)c3C21. The van der Waals surface area contributed by atoms with Gasteiger partial charge in [-0.05, 0) is 50.0 Å². The molecule has 1 aliphatic heterocycles. The second-order valence-corrected chi connectivity index (χ2v) is 8.50. The number of benzene rings is 1. The minimum atomic E-state index is -1.31. The highest BCUT2D eigenvalue weighted by Gasteiger charge is 2.50. The van der Waals surface area contributed by atoms with Crippen molar-refractivity contribution in [1.82, 2.24) is 0 Å². The number of phenols is 1. The Morgan fingerprint density at radius 3 is 2.34 bits per heavy atom. The number of aromatic hydroxyl groups is 1. The summed E-state index contributed by atoms with van der Waals surface area (Å²) < 4.78 is 6.18. The van der Waals surface area contributed by atoms with E-state index in [1.54, 1.807) is 0 Å². The van der Waals surface area contributed by atoms with Crippen LogP contribution in [0, 0.1) is 11.8 Å². The van der Waals surface area contributed by atoms with E-state index in [4.69, 9.17) is 4.74 Å². The molecule has 158 valence electrons. The second kappa shape index (κ2) is 8.09. The van der Waals surface area contributed by atoms with Gasteiger partial charge in [-0.25, -0.2) is 9.59 Å². The number of carboxylic acid groups (broad SMARTS) is 2. The minimum Gasteiger partial charge on any atom is -0.507 e. The molecule has 0 amide bonds. The van der Waals surface area contributed by atoms with Crippen LogP contribution >= 0.6 is 0 Å². The van der Waals surface area contributed by atoms with Gasteiger partial charge in [-0.3, -0.25) is 0 Å². The average Bonchev–Trinajstić information content (AvgIpc) is 3.02. The standard InChI is InChI=1S/C23H30O6/c1-5-6-7-8-14-16(22(25)26)19(24)18-15-13(11(2)3)10-9-12(4)20(15)29-21(18)17(14)23(27)28/h12-13,15,20,24H,2,5-10H2,1,3-4H3,(H,25,26)(H,27,28)/t12-,13+,15?,20?/m1/s1. The van der Waals surface area contributed by atoms with Crippen molar-refractivity contribution < 1.29 is 29.6 Å². The lowest BCUT2D eigenvalue weighted by Crippen LogP contribution is -2.36. The molecular formula is C23H30O6. The molecule has 1 aromatic rings. The number of aromatic carboxylic acids is 2. The van der Waals surface area contributed by atoms with Gasteiger partial charge in [-0.1, -0.05) is 38.8 Å². The summed E-state index contributed by atoms with van der Waals surface area (Å²) in [5.41, 5.74) is 1.04. The maximum absolute atomic E-state index is 12.2. The highest BCUT2D eigenvalue weighted by Crippen LogP contribution is 2.57. The highest BCUT2D eigenvalue weighted by molar-refractivity contribution is 6.02. The lowest BCUT2D eigenvalue weighted by atomic mass is 9.68. The Morgan fingerprint density at radius 2 is 1.79 bits per heavy atom. The molecule has 1 saturated carbocycles. The Balaban J connectivity index is 2.28. The summed E-state index contributed by atoms with van der Waals surface area (Å²) in [6.07, 6.45) is 4.14. The molecular weight excluding hydrogens is 372 g/mol. The van der Waals surface area contributed by atoms with E-state index in [2.05, 4.69) is 13.5 Å². The molecule has 3 N–H and O–H groups in total. The van der Waals surface area contributed by atoms with Gasteiger partial charge in [-0.2, -0.15) is 0 Å². The zero-order valence-corrected chi connectivity index (χ0v) is 17.3. The summed E-state index contributed by atoms with van der Waals surface area (Å²) in [6, 6.07) is 0. The van der Waals surface area contributed by atoms with Gasteiger partial charge >= 0.3 is 11.9 Å². The molecule has 0 aromatic heterocycles. The zero-order valence-electron chi connectivity index (χ0n) is 17.3. The van der Waals surface area contributed by atoms with Gasteiger partial charge in [0, 0.05) is 11.5 Å². The number of rotatable bonds is 7. The topological polar surface area (TPSA) is 104 Å². The minimum absolute atomic E-state index is 0.0116. The normalized spacial score (nSPS) is 25.1. The molecule has 0 radical (unpaired) electrons. The van der Waals surface area contributed by atoms with Gasteiger partial charge in [-0.15, -0.1) is 0 Å². The summed E-state index contributed by atoms with van der Waals surface area (Å²) in [5.74, 6) is -2.81. The zero-order chi connectivity index (χ0) is 21.5. The van der Waals surface area contributed by atoms with Crippen LogP contribution < -0.4 is 4.74 Å². The van der Waals surface area contributed by atoms with E-state index in [-0.39, 0.29) is 58.5 Å². The lowest BCUT2D eigenvalue weighted by molar-refractivity contribution is 0.0669. The van der Waals surface area contributed by atoms with Gasteiger partial charge in [0.05, 0.1) is 0 Å². The molecule has 0 saturated heterocycles. The first-order chi connectivity index (χ1) is 13.7. The molecule has 29 heavy (non-hydrogen) atoms. The van der Waals surface area contributed by atoms with Crippen LogP contribution in [0.1, 0.15) is 90.6 Å². The van der Waals surface area contributed by atoms with Gasteiger partial charge in [0.15, 0.2) is 0 Å². The first-order valence-corrected chi connectivity index (χ1v) is 10.4. The number of hydrogen-bond donors (Lipinski definition) is 3. The van der Waals surface area contributed by atoms with Crippen molar-refractivity contribution in [2.45, 2.75) is 71.3 Å². The van der Waals surface area contributed by atoms with Gasteiger partial charge in [0.25, 0.3) is 0 Å². The smallest absolute Gasteiger partial charge is 0.339 e. The summed E-state index contributed by atoms with van der Waals surface area (Å²) >= 11 is 0. The van der Waals surface area contributed by atoms with Crippen molar-refractivity contribution >= 4 is 11.9 Å².